The van der Waals surface area contributed by atoms with Gasteiger partial charge < -0.3 is 16.2 Å². The van der Waals surface area contributed by atoms with E-state index in [-0.39, 0.29) is 12.8 Å². The Morgan fingerprint density at radius 1 is 1.28 bits per heavy atom. The van der Waals surface area contributed by atoms with Crippen molar-refractivity contribution < 1.29 is 19.5 Å². The topological polar surface area (TPSA) is 109 Å². The molecule has 0 atom stereocenters. The van der Waals surface area contributed by atoms with Gasteiger partial charge in [0.2, 0.25) is 11.8 Å². The standard InChI is InChI=1S/C12H14N2O4/c13-10(15)7-11(16)14-9-3-1-2-8(6-9)4-5-12(17)18/h1-3,6H,4-5,7H2,(H2,13,15)(H,14,16)(H,17,18). The van der Waals surface area contributed by atoms with Crippen molar-refractivity contribution in [2.24, 2.45) is 5.73 Å². The second kappa shape index (κ2) is 6.39. The van der Waals surface area contributed by atoms with Gasteiger partial charge in [0, 0.05) is 12.1 Å². The molecular formula is C12H14N2O4. The Balaban J connectivity index is 2.61. The first kappa shape index (κ1) is 13.7. The number of aryl methyl sites for hydroxylation is 1. The first-order valence-electron chi connectivity index (χ1n) is 5.36. The van der Waals surface area contributed by atoms with Crippen molar-refractivity contribution in [2.75, 3.05) is 5.32 Å². The van der Waals surface area contributed by atoms with Gasteiger partial charge >= 0.3 is 5.97 Å². The van der Waals surface area contributed by atoms with Crippen molar-refractivity contribution in [2.45, 2.75) is 19.3 Å². The molecule has 1 aromatic carbocycles. The van der Waals surface area contributed by atoms with E-state index in [0.717, 1.165) is 5.56 Å². The number of aliphatic carboxylic acids is 1. The summed E-state index contributed by atoms with van der Waals surface area (Å²) in [7, 11) is 0. The number of hydrogen-bond donors (Lipinski definition) is 3. The maximum absolute atomic E-state index is 11.3. The lowest BCUT2D eigenvalue weighted by Gasteiger charge is -2.06. The zero-order valence-corrected chi connectivity index (χ0v) is 9.68. The Hall–Kier alpha value is -2.37. The fraction of sp³-hybridized carbons (Fsp3) is 0.250. The minimum atomic E-state index is -0.877. The van der Waals surface area contributed by atoms with E-state index in [0.29, 0.717) is 12.1 Å². The van der Waals surface area contributed by atoms with Gasteiger partial charge in [-0.1, -0.05) is 12.1 Å². The highest BCUT2D eigenvalue weighted by Gasteiger charge is 2.06. The number of amides is 2. The lowest BCUT2D eigenvalue weighted by atomic mass is 10.1. The van der Waals surface area contributed by atoms with Gasteiger partial charge in [-0.15, -0.1) is 0 Å². The Bertz CT molecular complexity index is 471. The molecule has 96 valence electrons. The molecule has 2 amide bonds. The SMILES string of the molecule is NC(=O)CC(=O)Nc1cccc(CCC(=O)O)c1. The summed E-state index contributed by atoms with van der Waals surface area (Å²) in [5, 5.41) is 11.1. The van der Waals surface area contributed by atoms with E-state index in [4.69, 9.17) is 10.8 Å². The van der Waals surface area contributed by atoms with Gasteiger partial charge in [-0.25, -0.2) is 0 Å². The third-order valence-electron chi connectivity index (χ3n) is 2.17. The molecule has 6 heteroatoms. The van der Waals surface area contributed by atoms with Crippen LogP contribution in [-0.4, -0.2) is 22.9 Å². The van der Waals surface area contributed by atoms with Gasteiger partial charge in [-0.2, -0.15) is 0 Å². The molecule has 0 bridgehead atoms. The van der Waals surface area contributed by atoms with Gasteiger partial charge in [-0.3, -0.25) is 14.4 Å². The largest absolute Gasteiger partial charge is 0.481 e. The van der Waals surface area contributed by atoms with Crippen LogP contribution in [0.2, 0.25) is 0 Å². The molecule has 0 radical (unpaired) electrons. The molecule has 0 heterocycles. The van der Waals surface area contributed by atoms with E-state index in [1.807, 2.05) is 0 Å². The minimum absolute atomic E-state index is 0.0265. The van der Waals surface area contributed by atoms with Crippen molar-refractivity contribution in [3.63, 3.8) is 0 Å². The Morgan fingerprint density at radius 2 is 2.00 bits per heavy atom. The fourth-order valence-corrected chi connectivity index (χ4v) is 1.42. The van der Waals surface area contributed by atoms with Gasteiger partial charge in [-0.05, 0) is 24.1 Å². The number of carboxylic acid groups (broad SMARTS) is 1. The van der Waals surface area contributed by atoms with Crippen LogP contribution in [0.5, 0.6) is 0 Å². The van der Waals surface area contributed by atoms with E-state index in [1.165, 1.54) is 0 Å². The van der Waals surface area contributed by atoms with E-state index >= 15 is 0 Å². The molecule has 0 unspecified atom stereocenters. The van der Waals surface area contributed by atoms with Crippen molar-refractivity contribution in [1.29, 1.82) is 0 Å². The van der Waals surface area contributed by atoms with Gasteiger partial charge in [0.1, 0.15) is 6.42 Å². The summed E-state index contributed by atoms with van der Waals surface area (Å²) in [6.07, 6.45) is 0.0346. The number of carbonyl (C=O) groups excluding carboxylic acids is 2. The van der Waals surface area contributed by atoms with Gasteiger partial charge in [0.25, 0.3) is 0 Å². The highest BCUT2D eigenvalue weighted by molar-refractivity contribution is 6.03. The zero-order chi connectivity index (χ0) is 13.5. The summed E-state index contributed by atoms with van der Waals surface area (Å²) in [6, 6.07) is 6.80. The number of carbonyl (C=O) groups is 3. The smallest absolute Gasteiger partial charge is 0.303 e. The molecule has 4 N–H and O–H groups in total. The zero-order valence-electron chi connectivity index (χ0n) is 9.68. The van der Waals surface area contributed by atoms with Gasteiger partial charge in [0.05, 0.1) is 0 Å². The van der Waals surface area contributed by atoms with Crippen LogP contribution in [-0.2, 0) is 20.8 Å². The summed E-state index contributed by atoms with van der Waals surface area (Å²) in [6.45, 7) is 0. The van der Waals surface area contributed by atoms with Crippen LogP contribution in [0.4, 0.5) is 5.69 Å². The number of nitrogens with two attached hydrogens (primary N) is 1. The molecule has 6 nitrogen and oxygen atoms in total. The third-order valence-corrected chi connectivity index (χ3v) is 2.17. The second-order valence-electron chi connectivity index (χ2n) is 3.79. The molecule has 18 heavy (non-hydrogen) atoms. The van der Waals surface area contributed by atoms with Crippen LogP contribution in [0.1, 0.15) is 18.4 Å². The van der Waals surface area contributed by atoms with Crippen LogP contribution in [0.15, 0.2) is 24.3 Å². The van der Waals surface area contributed by atoms with E-state index in [2.05, 4.69) is 5.32 Å². The Kier molecular flexibility index (Phi) is 4.86. The average Bonchev–Trinajstić information content (AvgIpc) is 2.25. The van der Waals surface area contributed by atoms with E-state index in [9.17, 15) is 14.4 Å². The van der Waals surface area contributed by atoms with Crippen LogP contribution >= 0.6 is 0 Å². The molecule has 0 aromatic heterocycles. The fourth-order valence-electron chi connectivity index (χ4n) is 1.42. The molecule has 0 aliphatic carbocycles. The maximum Gasteiger partial charge on any atom is 0.303 e. The molecule has 0 spiro atoms. The lowest BCUT2D eigenvalue weighted by molar-refractivity contribution is -0.137. The van der Waals surface area contributed by atoms with Crippen LogP contribution < -0.4 is 11.1 Å². The molecule has 0 fully saturated rings. The third kappa shape index (κ3) is 5.11. The molecule has 0 saturated carbocycles. The maximum atomic E-state index is 11.3. The molecule has 0 aliphatic rings. The first-order chi connectivity index (χ1) is 8.47. The number of primary amides is 1. The Labute approximate surface area is 104 Å². The van der Waals surface area contributed by atoms with Crippen molar-refractivity contribution in [3.8, 4) is 0 Å². The summed E-state index contributed by atoms with van der Waals surface area (Å²) < 4.78 is 0. The van der Waals surface area contributed by atoms with Crippen LogP contribution in [0, 0.1) is 0 Å². The predicted molar refractivity (Wildman–Crippen MR) is 64.8 cm³/mol. The molecule has 1 rings (SSSR count). The average molecular weight is 250 g/mol. The Morgan fingerprint density at radius 3 is 2.61 bits per heavy atom. The number of nitrogens with one attached hydrogen (secondary N) is 1. The predicted octanol–water partition coefficient (Wildman–Crippen LogP) is 0.518. The number of rotatable bonds is 6. The number of benzene rings is 1. The summed E-state index contributed by atoms with van der Waals surface area (Å²) in [5.41, 5.74) is 6.21. The first-order valence-corrected chi connectivity index (χ1v) is 5.36. The number of hydrogen-bond acceptors (Lipinski definition) is 3. The van der Waals surface area contributed by atoms with E-state index in [1.54, 1.807) is 24.3 Å². The lowest BCUT2D eigenvalue weighted by Crippen LogP contribution is -2.21. The summed E-state index contributed by atoms with van der Waals surface area (Å²) >= 11 is 0. The molecule has 1 aromatic rings. The van der Waals surface area contributed by atoms with Crippen molar-refractivity contribution in [1.82, 2.24) is 0 Å². The highest BCUT2D eigenvalue weighted by Crippen LogP contribution is 2.12. The quantitative estimate of drug-likeness (QED) is 0.639. The van der Waals surface area contributed by atoms with E-state index < -0.39 is 17.8 Å². The monoisotopic (exact) mass is 250 g/mol. The highest BCUT2D eigenvalue weighted by atomic mass is 16.4. The number of carboxylic acids is 1. The van der Waals surface area contributed by atoms with Crippen molar-refractivity contribution in [3.05, 3.63) is 29.8 Å². The molecule has 0 saturated heterocycles. The molecule has 0 aliphatic heterocycles. The minimum Gasteiger partial charge on any atom is -0.481 e. The second-order valence-corrected chi connectivity index (χ2v) is 3.79. The summed E-state index contributed by atoms with van der Waals surface area (Å²) in [5.74, 6) is -2.06. The number of anilines is 1. The summed E-state index contributed by atoms with van der Waals surface area (Å²) in [4.78, 5) is 32.3. The van der Waals surface area contributed by atoms with Crippen molar-refractivity contribution >= 4 is 23.5 Å². The van der Waals surface area contributed by atoms with Crippen LogP contribution in [0.3, 0.4) is 0 Å². The van der Waals surface area contributed by atoms with Gasteiger partial charge in [0.15, 0.2) is 0 Å². The normalized spacial score (nSPS) is 9.78. The molecular weight excluding hydrogens is 236 g/mol. The van der Waals surface area contributed by atoms with Crippen LogP contribution in [0.25, 0.3) is 0 Å².